The quantitative estimate of drug-likeness (QED) is 0.418. The van der Waals surface area contributed by atoms with E-state index in [2.05, 4.69) is 24.5 Å². The number of nitrogens with two attached hydrogens (primary N) is 1. The molecule has 0 heterocycles. The Kier molecular flexibility index (Phi) is 6.04. The Hall–Kier alpha value is -2.97. The first-order valence-corrected chi connectivity index (χ1v) is 8.11. The number of anilines is 3. The van der Waals surface area contributed by atoms with Gasteiger partial charge in [-0.05, 0) is 41.8 Å². The van der Waals surface area contributed by atoms with Gasteiger partial charge >= 0.3 is 0 Å². The van der Waals surface area contributed by atoms with Crippen LogP contribution in [0.3, 0.4) is 0 Å². The molecule has 0 bridgehead atoms. The highest BCUT2D eigenvalue weighted by atomic mass is 35.5. The second-order valence-electron chi connectivity index (χ2n) is 5.78. The molecule has 2 aromatic rings. The van der Waals surface area contributed by atoms with Crippen molar-refractivity contribution in [2.24, 2.45) is 0 Å². The highest BCUT2D eigenvalue weighted by molar-refractivity contribution is 6.33. The average Bonchev–Trinajstić information content (AvgIpc) is 2.59. The van der Waals surface area contributed by atoms with Crippen molar-refractivity contribution in [2.75, 3.05) is 16.4 Å². The summed E-state index contributed by atoms with van der Waals surface area (Å²) in [6.45, 7) is 4.19. The van der Waals surface area contributed by atoms with Crippen LogP contribution in [0.5, 0.6) is 0 Å². The molecule has 2 aromatic carbocycles. The molecular formula is C19H19ClN4O. The van der Waals surface area contributed by atoms with Crippen molar-refractivity contribution in [3.63, 3.8) is 0 Å². The van der Waals surface area contributed by atoms with Crippen LogP contribution in [0.1, 0.15) is 25.3 Å². The van der Waals surface area contributed by atoms with Crippen LogP contribution in [-0.4, -0.2) is 5.91 Å². The van der Waals surface area contributed by atoms with E-state index in [4.69, 9.17) is 17.3 Å². The lowest BCUT2D eigenvalue weighted by atomic mass is 10.0. The Bertz CT molecular complexity index is 835. The number of amides is 1. The molecule has 0 unspecified atom stereocenters. The maximum Gasteiger partial charge on any atom is 0.267 e. The smallest absolute Gasteiger partial charge is 0.267 e. The summed E-state index contributed by atoms with van der Waals surface area (Å²) in [7, 11) is 0. The highest BCUT2D eigenvalue weighted by Crippen LogP contribution is 2.23. The molecule has 25 heavy (non-hydrogen) atoms. The minimum absolute atomic E-state index is 0.0547. The predicted molar refractivity (Wildman–Crippen MR) is 102 cm³/mol. The fraction of sp³-hybridized carbons (Fsp3) is 0.158. The molecule has 2 rings (SSSR count). The zero-order valence-corrected chi connectivity index (χ0v) is 14.8. The second kappa shape index (κ2) is 8.22. The van der Waals surface area contributed by atoms with Gasteiger partial charge in [-0.25, -0.2) is 0 Å². The zero-order valence-electron chi connectivity index (χ0n) is 14.0. The van der Waals surface area contributed by atoms with E-state index in [9.17, 15) is 10.1 Å². The number of rotatable bonds is 5. The largest absolute Gasteiger partial charge is 0.398 e. The molecule has 5 nitrogen and oxygen atoms in total. The van der Waals surface area contributed by atoms with Crippen LogP contribution in [0.15, 0.2) is 54.2 Å². The number of nitrogens with zero attached hydrogens (tertiary/aromatic N) is 1. The van der Waals surface area contributed by atoms with Crippen LogP contribution >= 0.6 is 11.6 Å². The van der Waals surface area contributed by atoms with Gasteiger partial charge in [-0.2, -0.15) is 5.26 Å². The van der Waals surface area contributed by atoms with Crippen LogP contribution in [0.4, 0.5) is 17.1 Å². The lowest BCUT2D eigenvalue weighted by Crippen LogP contribution is -2.14. The summed E-state index contributed by atoms with van der Waals surface area (Å²) in [6, 6.07) is 14.4. The number of nitriles is 1. The Balaban J connectivity index is 2.07. The van der Waals surface area contributed by atoms with Crippen molar-refractivity contribution >= 4 is 34.6 Å². The lowest BCUT2D eigenvalue weighted by Gasteiger charge is -2.08. The van der Waals surface area contributed by atoms with Crippen molar-refractivity contribution in [3.05, 3.63) is 64.8 Å². The maximum absolute atomic E-state index is 12.2. The van der Waals surface area contributed by atoms with E-state index in [0.717, 1.165) is 0 Å². The topological polar surface area (TPSA) is 90.9 Å². The molecule has 0 fully saturated rings. The van der Waals surface area contributed by atoms with E-state index in [1.165, 1.54) is 11.8 Å². The van der Waals surface area contributed by atoms with Crippen molar-refractivity contribution < 1.29 is 4.79 Å². The zero-order chi connectivity index (χ0) is 18.4. The minimum atomic E-state index is -0.492. The first-order chi connectivity index (χ1) is 11.9. The SMILES string of the molecule is CC(C)c1ccc(NC(=O)/C(C#N)=C\Nc2ccc(N)c(Cl)c2)cc1. The number of nitrogen functional groups attached to an aromatic ring is 1. The number of hydrogen-bond acceptors (Lipinski definition) is 4. The van der Waals surface area contributed by atoms with Gasteiger partial charge in [0, 0.05) is 17.6 Å². The van der Waals surface area contributed by atoms with Gasteiger partial charge < -0.3 is 16.4 Å². The van der Waals surface area contributed by atoms with Crippen molar-refractivity contribution in [1.82, 2.24) is 0 Å². The molecule has 0 saturated carbocycles. The molecule has 0 aliphatic heterocycles. The average molecular weight is 355 g/mol. The number of carbonyl (C=O) groups is 1. The summed E-state index contributed by atoms with van der Waals surface area (Å²) >= 11 is 5.94. The minimum Gasteiger partial charge on any atom is -0.398 e. The first kappa shape index (κ1) is 18.4. The Morgan fingerprint density at radius 3 is 2.40 bits per heavy atom. The van der Waals surface area contributed by atoms with Crippen LogP contribution in [0.2, 0.25) is 5.02 Å². The molecular weight excluding hydrogens is 336 g/mol. The van der Waals surface area contributed by atoms with E-state index in [1.54, 1.807) is 18.2 Å². The summed E-state index contributed by atoms with van der Waals surface area (Å²) in [5.41, 5.74) is 8.48. The second-order valence-corrected chi connectivity index (χ2v) is 6.19. The van der Waals surface area contributed by atoms with Gasteiger partial charge in [0.25, 0.3) is 5.91 Å². The maximum atomic E-state index is 12.2. The summed E-state index contributed by atoms with van der Waals surface area (Å²) in [6.07, 6.45) is 1.33. The van der Waals surface area contributed by atoms with Crippen molar-refractivity contribution in [1.29, 1.82) is 5.26 Å². The Labute approximate surface area is 152 Å². The van der Waals surface area contributed by atoms with Gasteiger partial charge in [0.05, 0.1) is 10.7 Å². The molecule has 0 radical (unpaired) electrons. The van der Waals surface area contributed by atoms with Crippen LogP contribution < -0.4 is 16.4 Å². The summed E-state index contributed by atoms with van der Waals surface area (Å²) in [4.78, 5) is 12.2. The molecule has 0 spiro atoms. The molecule has 0 aliphatic carbocycles. The van der Waals surface area contributed by atoms with Gasteiger partial charge in [-0.1, -0.05) is 37.6 Å². The van der Waals surface area contributed by atoms with Crippen LogP contribution in [-0.2, 0) is 4.79 Å². The third-order valence-electron chi connectivity index (χ3n) is 3.58. The predicted octanol–water partition coefficient (Wildman–Crippen LogP) is 4.50. The van der Waals surface area contributed by atoms with Crippen molar-refractivity contribution in [2.45, 2.75) is 19.8 Å². The van der Waals surface area contributed by atoms with Crippen LogP contribution in [0, 0.1) is 11.3 Å². The van der Waals surface area contributed by atoms with Gasteiger partial charge in [0.15, 0.2) is 0 Å². The number of nitrogens with one attached hydrogen (secondary N) is 2. The number of halogens is 1. The number of hydrogen-bond donors (Lipinski definition) is 3. The first-order valence-electron chi connectivity index (χ1n) is 7.74. The van der Waals surface area contributed by atoms with Gasteiger partial charge in [0.1, 0.15) is 11.6 Å². The molecule has 128 valence electrons. The van der Waals surface area contributed by atoms with E-state index in [1.807, 2.05) is 30.3 Å². The number of carbonyl (C=O) groups excluding carboxylic acids is 1. The summed E-state index contributed by atoms with van der Waals surface area (Å²) in [5.74, 6) is -0.0795. The van der Waals surface area contributed by atoms with E-state index in [-0.39, 0.29) is 5.57 Å². The third-order valence-corrected chi connectivity index (χ3v) is 3.91. The molecule has 0 saturated heterocycles. The summed E-state index contributed by atoms with van der Waals surface area (Å²) in [5, 5.41) is 15.2. The third kappa shape index (κ3) is 5.00. The Morgan fingerprint density at radius 2 is 1.84 bits per heavy atom. The molecule has 0 aliphatic rings. The lowest BCUT2D eigenvalue weighted by molar-refractivity contribution is -0.112. The molecule has 0 aromatic heterocycles. The molecule has 0 atom stereocenters. The van der Waals surface area contributed by atoms with Gasteiger partial charge in [-0.15, -0.1) is 0 Å². The molecule has 1 amide bonds. The van der Waals surface area contributed by atoms with E-state index >= 15 is 0 Å². The van der Waals surface area contributed by atoms with Crippen LogP contribution in [0.25, 0.3) is 0 Å². The Morgan fingerprint density at radius 1 is 1.20 bits per heavy atom. The molecule has 6 heteroatoms. The number of benzene rings is 2. The van der Waals surface area contributed by atoms with Crippen molar-refractivity contribution in [3.8, 4) is 6.07 Å². The fourth-order valence-electron chi connectivity index (χ4n) is 2.07. The standard InChI is InChI=1S/C19H19ClN4O/c1-12(2)13-3-5-15(6-4-13)24-19(25)14(10-21)11-23-16-7-8-18(22)17(20)9-16/h3-9,11-12,23H,22H2,1-2H3,(H,24,25)/b14-11-. The summed E-state index contributed by atoms with van der Waals surface area (Å²) < 4.78 is 0. The van der Waals surface area contributed by atoms with E-state index < -0.39 is 5.91 Å². The highest BCUT2D eigenvalue weighted by Gasteiger charge is 2.10. The normalized spacial score (nSPS) is 11.1. The fourth-order valence-corrected chi connectivity index (χ4v) is 2.25. The van der Waals surface area contributed by atoms with Gasteiger partial charge in [-0.3, -0.25) is 4.79 Å². The van der Waals surface area contributed by atoms with Gasteiger partial charge in [0.2, 0.25) is 0 Å². The monoisotopic (exact) mass is 354 g/mol. The van der Waals surface area contributed by atoms with E-state index in [0.29, 0.717) is 28.0 Å². The molecule has 4 N–H and O–H groups in total.